The largest absolute Gasteiger partial charge is 0.481 e. The summed E-state index contributed by atoms with van der Waals surface area (Å²) in [4.78, 5) is 70.7. The molecule has 0 saturated carbocycles. The highest BCUT2D eigenvalue weighted by atomic mass is 16.6. The summed E-state index contributed by atoms with van der Waals surface area (Å²) in [6.07, 6.45) is -1.04. The molecule has 2 unspecified atom stereocenters. The Bertz CT molecular complexity index is 791. The van der Waals surface area contributed by atoms with Gasteiger partial charge in [0.25, 0.3) is 0 Å². The van der Waals surface area contributed by atoms with Crippen molar-refractivity contribution in [3.63, 3.8) is 0 Å². The average Bonchev–Trinajstić information content (AvgIpc) is 2.78. The van der Waals surface area contributed by atoms with Crippen molar-refractivity contribution in [1.29, 1.82) is 0 Å². The fourth-order valence-electron chi connectivity index (χ4n) is 2.96. The molecule has 0 heterocycles. The van der Waals surface area contributed by atoms with Crippen LogP contribution in [0.5, 0.6) is 0 Å². The van der Waals surface area contributed by atoms with Crippen LogP contribution in [0.15, 0.2) is 0 Å². The second kappa shape index (κ2) is 18.2. The molecule has 0 aromatic heterocycles. The summed E-state index contributed by atoms with van der Waals surface area (Å²) in [5.74, 6) is -4.68. The van der Waals surface area contributed by atoms with Crippen LogP contribution in [-0.4, -0.2) is 95.6 Å². The van der Waals surface area contributed by atoms with Crippen molar-refractivity contribution >= 4 is 35.7 Å². The van der Waals surface area contributed by atoms with Crippen molar-refractivity contribution in [3.8, 4) is 0 Å². The number of hydrogen-bond donors (Lipinski definition) is 4. The molecule has 0 bridgehead atoms. The number of nitrogens with one attached hydrogen (secondary N) is 2. The lowest BCUT2D eigenvalue weighted by Gasteiger charge is -2.24. The van der Waals surface area contributed by atoms with Crippen LogP contribution in [0.4, 0.5) is 0 Å². The van der Waals surface area contributed by atoms with Crippen molar-refractivity contribution in [1.82, 2.24) is 10.6 Å². The Kier molecular flexibility index (Phi) is 16.7. The number of carbonyl (C=O) groups excluding carboxylic acids is 4. The van der Waals surface area contributed by atoms with E-state index in [4.69, 9.17) is 29.2 Å². The minimum atomic E-state index is -1.11. The maximum Gasteiger partial charge on any atom is 0.329 e. The van der Waals surface area contributed by atoms with Gasteiger partial charge in [0.2, 0.25) is 11.8 Å². The van der Waals surface area contributed by atoms with Crippen LogP contribution in [0.2, 0.25) is 0 Å². The summed E-state index contributed by atoms with van der Waals surface area (Å²) in [7, 11) is 0. The molecule has 2 atom stereocenters. The van der Waals surface area contributed by atoms with E-state index >= 15 is 0 Å². The molecule has 0 radical (unpaired) electrons. The molecular weight excluding hydrogens is 532 g/mol. The molecule has 14 nitrogen and oxygen atoms in total. The van der Waals surface area contributed by atoms with Gasteiger partial charge in [-0.25, -0.2) is 9.59 Å². The number of aliphatic carboxylic acids is 2. The second-order valence-electron chi connectivity index (χ2n) is 10.9. The first-order valence-corrected chi connectivity index (χ1v) is 13.0. The van der Waals surface area contributed by atoms with E-state index in [0.29, 0.717) is 0 Å². The lowest BCUT2D eigenvalue weighted by molar-refractivity contribution is -0.160. The summed E-state index contributed by atoms with van der Waals surface area (Å²) in [5.41, 5.74) is -1.60. The number of esters is 2. The predicted molar refractivity (Wildman–Crippen MR) is 140 cm³/mol. The molecule has 4 N–H and O–H groups in total. The van der Waals surface area contributed by atoms with Crippen LogP contribution < -0.4 is 10.6 Å². The number of ether oxygens (including phenoxy) is 4. The molecule has 230 valence electrons. The molecule has 0 spiro atoms. The van der Waals surface area contributed by atoms with Crippen molar-refractivity contribution in [2.75, 3.05) is 26.4 Å². The molecular formula is C26H44N2O12. The molecule has 40 heavy (non-hydrogen) atoms. The summed E-state index contributed by atoms with van der Waals surface area (Å²) in [5, 5.41) is 22.7. The highest BCUT2D eigenvalue weighted by molar-refractivity contribution is 5.85. The average molecular weight is 577 g/mol. The zero-order valence-corrected chi connectivity index (χ0v) is 24.2. The normalized spacial score (nSPS) is 13.1. The lowest BCUT2D eigenvalue weighted by Crippen LogP contribution is -2.44. The standard InChI is InChI=1S/C26H44N2O12/c1-25(2,3)39-23(35)17(7-9-21(31)32)27-19(29)11-13-37-15-16-38-14-12-20(30)28-18(8-10-22(33)34)24(36)40-26(4,5)6/h17-18H,7-16H2,1-6H3,(H,27,29)(H,28,30)(H,31,32)(H,33,34). The van der Waals surface area contributed by atoms with E-state index in [1.807, 2.05) is 0 Å². The molecule has 0 rings (SSSR count). The first-order valence-electron chi connectivity index (χ1n) is 13.0. The third-order valence-electron chi connectivity index (χ3n) is 4.67. The number of hydrogen-bond acceptors (Lipinski definition) is 10. The predicted octanol–water partition coefficient (Wildman–Crippen LogP) is 1.18. The van der Waals surface area contributed by atoms with Crippen molar-refractivity contribution in [3.05, 3.63) is 0 Å². The van der Waals surface area contributed by atoms with E-state index in [9.17, 15) is 28.8 Å². The molecule has 0 aliphatic rings. The molecule has 14 heteroatoms. The van der Waals surface area contributed by atoms with Gasteiger partial charge in [0.1, 0.15) is 23.3 Å². The number of amides is 2. The van der Waals surface area contributed by atoms with E-state index in [2.05, 4.69) is 10.6 Å². The quantitative estimate of drug-likeness (QED) is 0.126. The molecule has 0 saturated heterocycles. The van der Waals surface area contributed by atoms with Crippen molar-refractivity contribution in [2.45, 2.75) is 103 Å². The molecule has 0 aromatic rings. The first kappa shape index (κ1) is 36.7. The number of rotatable bonds is 19. The van der Waals surface area contributed by atoms with Crippen molar-refractivity contribution < 1.29 is 57.9 Å². The minimum Gasteiger partial charge on any atom is -0.481 e. The third-order valence-corrected chi connectivity index (χ3v) is 4.67. The molecule has 0 aromatic carbocycles. The Morgan fingerprint density at radius 1 is 0.575 bits per heavy atom. The van der Waals surface area contributed by atoms with Gasteiger partial charge in [-0.2, -0.15) is 0 Å². The second-order valence-corrected chi connectivity index (χ2v) is 10.9. The summed E-state index contributed by atoms with van der Waals surface area (Å²) < 4.78 is 21.1. The molecule has 2 amide bonds. The van der Waals surface area contributed by atoms with Gasteiger partial charge >= 0.3 is 23.9 Å². The molecule has 0 fully saturated rings. The third kappa shape index (κ3) is 20.7. The van der Waals surface area contributed by atoms with E-state index in [1.54, 1.807) is 41.5 Å². The van der Waals surface area contributed by atoms with Crippen LogP contribution in [0.1, 0.15) is 80.1 Å². The summed E-state index contributed by atoms with van der Waals surface area (Å²) >= 11 is 0. The Balaban J connectivity index is 4.35. The zero-order chi connectivity index (χ0) is 30.9. The first-order chi connectivity index (χ1) is 18.4. The van der Waals surface area contributed by atoms with E-state index in [-0.39, 0.29) is 65.0 Å². The fraction of sp³-hybridized carbons (Fsp3) is 0.769. The van der Waals surface area contributed by atoms with Gasteiger partial charge in [0.05, 0.1) is 26.4 Å². The van der Waals surface area contributed by atoms with Gasteiger partial charge in [-0.1, -0.05) is 0 Å². The van der Waals surface area contributed by atoms with E-state index < -0.39 is 59.0 Å². The minimum absolute atomic E-state index is 0.0107. The van der Waals surface area contributed by atoms with Crippen LogP contribution in [0.3, 0.4) is 0 Å². The number of carbonyl (C=O) groups is 6. The Morgan fingerprint density at radius 2 is 0.900 bits per heavy atom. The van der Waals surface area contributed by atoms with Crippen LogP contribution in [-0.2, 0) is 47.7 Å². The summed E-state index contributed by atoms with van der Waals surface area (Å²) in [6.45, 7) is 10.2. The highest BCUT2D eigenvalue weighted by Gasteiger charge is 2.28. The van der Waals surface area contributed by atoms with Crippen molar-refractivity contribution in [2.24, 2.45) is 0 Å². The summed E-state index contributed by atoms with van der Waals surface area (Å²) in [6, 6.07) is -2.20. The van der Waals surface area contributed by atoms with Crippen LogP contribution in [0.25, 0.3) is 0 Å². The zero-order valence-electron chi connectivity index (χ0n) is 24.2. The maximum absolute atomic E-state index is 12.3. The highest BCUT2D eigenvalue weighted by Crippen LogP contribution is 2.12. The fourth-order valence-corrected chi connectivity index (χ4v) is 2.96. The van der Waals surface area contributed by atoms with Crippen LogP contribution in [0, 0.1) is 0 Å². The SMILES string of the molecule is CC(C)(C)OC(=O)C(CCC(=O)O)NC(=O)CCOCCOCCC(=O)NC(CCC(=O)O)C(=O)OC(C)(C)C. The van der Waals surface area contributed by atoms with Gasteiger partial charge in [0.15, 0.2) is 0 Å². The Labute approximate surface area is 234 Å². The molecule has 0 aliphatic carbocycles. The maximum atomic E-state index is 12.3. The molecule has 0 aliphatic heterocycles. The smallest absolute Gasteiger partial charge is 0.329 e. The van der Waals surface area contributed by atoms with Gasteiger partial charge in [-0.3, -0.25) is 19.2 Å². The monoisotopic (exact) mass is 576 g/mol. The number of carboxylic acids is 2. The van der Waals surface area contributed by atoms with Crippen LogP contribution >= 0.6 is 0 Å². The Morgan fingerprint density at radius 3 is 1.18 bits per heavy atom. The van der Waals surface area contributed by atoms with E-state index in [1.165, 1.54) is 0 Å². The van der Waals surface area contributed by atoms with E-state index in [0.717, 1.165) is 0 Å². The van der Waals surface area contributed by atoms with Gasteiger partial charge in [-0.15, -0.1) is 0 Å². The van der Waals surface area contributed by atoms with Gasteiger partial charge in [-0.05, 0) is 54.4 Å². The van der Waals surface area contributed by atoms with Gasteiger partial charge < -0.3 is 39.8 Å². The number of carboxylic acid groups (broad SMARTS) is 2. The lowest BCUT2D eigenvalue weighted by atomic mass is 10.1. The Hall–Kier alpha value is -3.26. The topological polar surface area (TPSA) is 204 Å². The van der Waals surface area contributed by atoms with Gasteiger partial charge in [0, 0.05) is 25.7 Å².